The van der Waals surface area contributed by atoms with Gasteiger partial charge in [-0.05, 0) is 30.5 Å². The molecule has 0 spiro atoms. The number of hydrogen-bond acceptors (Lipinski definition) is 4. The summed E-state index contributed by atoms with van der Waals surface area (Å²) in [6, 6.07) is 3.45. The van der Waals surface area contributed by atoms with E-state index in [9.17, 15) is 13.2 Å². The Kier molecular flexibility index (Phi) is 3.35. The number of thioether (sulfide) groups is 1. The van der Waals surface area contributed by atoms with Crippen LogP contribution in [0, 0.1) is 17.7 Å². The third-order valence-electron chi connectivity index (χ3n) is 4.43. The Morgan fingerprint density at radius 3 is 2.71 bits per heavy atom. The van der Waals surface area contributed by atoms with Crippen molar-refractivity contribution >= 4 is 22.6 Å². The van der Waals surface area contributed by atoms with Gasteiger partial charge in [0.25, 0.3) is 6.43 Å². The lowest BCUT2D eigenvalue weighted by Gasteiger charge is -2.56. The van der Waals surface area contributed by atoms with Gasteiger partial charge in [0.05, 0.1) is 10.8 Å². The number of anilines is 1. The minimum atomic E-state index is -2.52. The van der Waals surface area contributed by atoms with E-state index in [4.69, 9.17) is 11.5 Å². The number of halogens is 3. The Labute approximate surface area is 125 Å². The predicted octanol–water partition coefficient (Wildman–Crippen LogP) is 3.17. The van der Waals surface area contributed by atoms with E-state index in [1.807, 2.05) is 6.92 Å². The van der Waals surface area contributed by atoms with Crippen LogP contribution < -0.4 is 11.5 Å². The lowest BCUT2D eigenvalue weighted by molar-refractivity contribution is -0.0319. The lowest BCUT2D eigenvalue weighted by Crippen LogP contribution is -2.60. The van der Waals surface area contributed by atoms with Crippen molar-refractivity contribution in [2.45, 2.75) is 30.6 Å². The molecular weight excluding hydrogens is 299 g/mol. The first-order chi connectivity index (χ1) is 9.85. The molecule has 0 amide bonds. The van der Waals surface area contributed by atoms with Crippen molar-refractivity contribution in [1.29, 1.82) is 0 Å². The van der Waals surface area contributed by atoms with Gasteiger partial charge in [0.2, 0.25) is 0 Å². The average Bonchev–Trinajstić information content (AvgIpc) is 2.39. The number of fused-ring (bicyclic) bond motifs is 1. The number of nitrogen functional groups attached to an aromatic ring is 1. The van der Waals surface area contributed by atoms with Crippen molar-refractivity contribution in [3.63, 3.8) is 0 Å². The largest absolute Gasteiger partial charge is 0.399 e. The minimum Gasteiger partial charge on any atom is -0.399 e. The van der Waals surface area contributed by atoms with E-state index in [2.05, 4.69) is 4.99 Å². The van der Waals surface area contributed by atoms with Crippen LogP contribution in [-0.4, -0.2) is 16.3 Å². The minimum absolute atomic E-state index is 0.0363. The maximum absolute atomic E-state index is 14.1. The zero-order valence-electron chi connectivity index (χ0n) is 11.4. The SMILES string of the molecule is CC1C[C@]2(C(F)F)SC(N)=NC(c3cc(N)ccc3F)C12. The molecule has 1 heterocycles. The van der Waals surface area contributed by atoms with Crippen LogP contribution in [0.1, 0.15) is 24.9 Å². The molecule has 7 heteroatoms. The van der Waals surface area contributed by atoms with Gasteiger partial charge in [-0.3, -0.25) is 4.99 Å². The van der Waals surface area contributed by atoms with Crippen molar-refractivity contribution in [2.24, 2.45) is 22.6 Å². The number of nitrogens with zero attached hydrogens (tertiary/aromatic N) is 1. The van der Waals surface area contributed by atoms with E-state index >= 15 is 0 Å². The zero-order valence-corrected chi connectivity index (χ0v) is 12.2. The van der Waals surface area contributed by atoms with Gasteiger partial charge in [-0.25, -0.2) is 13.2 Å². The summed E-state index contributed by atoms with van der Waals surface area (Å²) < 4.78 is 40.0. The lowest BCUT2D eigenvalue weighted by atomic mass is 9.60. The molecule has 1 saturated carbocycles. The standard InChI is InChI=1S/C14H16F3N3S/c1-6-5-14(12(16)17)10(6)11(20-13(19)21-14)8-4-7(18)2-3-9(8)15/h2-4,6,10-12H,5,18H2,1H3,(H2,19,20)/t6?,10?,11?,14-/m0/s1. The molecule has 1 fully saturated rings. The summed E-state index contributed by atoms with van der Waals surface area (Å²) in [6.45, 7) is 1.89. The molecular formula is C14H16F3N3S. The quantitative estimate of drug-likeness (QED) is 0.824. The summed E-state index contributed by atoms with van der Waals surface area (Å²) in [6.07, 6.45) is -2.17. The van der Waals surface area contributed by atoms with Gasteiger partial charge in [0, 0.05) is 17.2 Å². The van der Waals surface area contributed by atoms with Gasteiger partial charge in [0.1, 0.15) is 5.82 Å². The molecule has 1 aliphatic heterocycles. The van der Waals surface area contributed by atoms with E-state index in [-0.39, 0.29) is 16.6 Å². The van der Waals surface area contributed by atoms with Gasteiger partial charge in [-0.1, -0.05) is 18.7 Å². The third-order valence-corrected chi connectivity index (χ3v) is 5.74. The van der Waals surface area contributed by atoms with Crippen LogP contribution in [0.3, 0.4) is 0 Å². The number of aliphatic imine (C=N–C) groups is 1. The van der Waals surface area contributed by atoms with Crippen LogP contribution >= 0.6 is 11.8 Å². The topological polar surface area (TPSA) is 64.4 Å². The number of benzene rings is 1. The van der Waals surface area contributed by atoms with Crippen molar-refractivity contribution in [2.75, 3.05) is 5.73 Å². The highest BCUT2D eigenvalue weighted by Crippen LogP contribution is 2.63. The van der Waals surface area contributed by atoms with Crippen LogP contribution in [0.4, 0.5) is 18.9 Å². The van der Waals surface area contributed by atoms with E-state index in [0.29, 0.717) is 12.1 Å². The summed E-state index contributed by atoms with van der Waals surface area (Å²) in [5.41, 5.74) is 12.1. The Bertz CT molecular complexity index is 607. The second kappa shape index (κ2) is 4.83. The van der Waals surface area contributed by atoms with E-state index in [0.717, 1.165) is 11.8 Å². The van der Waals surface area contributed by atoms with Crippen molar-refractivity contribution < 1.29 is 13.2 Å². The maximum Gasteiger partial charge on any atom is 0.253 e. The summed E-state index contributed by atoms with van der Waals surface area (Å²) in [5.74, 6) is -0.889. The summed E-state index contributed by atoms with van der Waals surface area (Å²) in [4.78, 5) is 4.24. The van der Waals surface area contributed by atoms with Gasteiger partial charge in [-0.2, -0.15) is 0 Å². The fraction of sp³-hybridized carbons (Fsp3) is 0.500. The molecule has 0 radical (unpaired) electrons. The number of hydrogen-bond donors (Lipinski definition) is 2. The van der Waals surface area contributed by atoms with Crippen molar-refractivity contribution in [3.05, 3.63) is 29.6 Å². The molecule has 3 unspecified atom stereocenters. The molecule has 4 atom stereocenters. The van der Waals surface area contributed by atoms with Gasteiger partial charge in [0.15, 0.2) is 5.17 Å². The third kappa shape index (κ3) is 2.09. The van der Waals surface area contributed by atoms with Crippen molar-refractivity contribution in [3.8, 4) is 0 Å². The molecule has 114 valence electrons. The fourth-order valence-corrected chi connectivity index (χ4v) is 5.03. The molecule has 0 bridgehead atoms. The molecule has 21 heavy (non-hydrogen) atoms. The number of nitrogens with two attached hydrogens (primary N) is 2. The average molecular weight is 315 g/mol. The molecule has 1 aliphatic carbocycles. The van der Waals surface area contributed by atoms with Crippen LogP contribution in [0.15, 0.2) is 23.2 Å². The first kappa shape index (κ1) is 14.6. The summed E-state index contributed by atoms with van der Waals surface area (Å²) >= 11 is 0.928. The highest BCUT2D eigenvalue weighted by molar-refractivity contribution is 8.15. The first-order valence-corrected chi connectivity index (χ1v) is 7.52. The zero-order chi connectivity index (χ0) is 15.4. The van der Waals surface area contributed by atoms with Crippen molar-refractivity contribution in [1.82, 2.24) is 0 Å². The summed E-state index contributed by atoms with van der Waals surface area (Å²) in [7, 11) is 0. The maximum atomic E-state index is 14.1. The van der Waals surface area contributed by atoms with Crippen LogP contribution in [0.5, 0.6) is 0 Å². The van der Waals surface area contributed by atoms with Gasteiger partial charge < -0.3 is 11.5 Å². The van der Waals surface area contributed by atoms with Gasteiger partial charge >= 0.3 is 0 Å². The Morgan fingerprint density at radius 2 is 2.10 bits per heavy atom. The summed E-state index contributed by atoms with van der Waals surface area (Å²) in [5, 5.41) is 0.0882. The highest BCUT2D eigenvalue weighted by atomic mass is 32.2. The Balaban J connectivity index is 2.09. The van der Waals surface area contributed by atoms with Crippen LogP contribution in [-0.2, 0) is 0 Å². The molecule has 0 aromatic heterocycles. The van der Waals surface area contributed by atoms with Crippen LogP contribution in [0.25, 0.3) is 0 Å². The molecule has 1 aromatic rings. The highest BCUT2D eigenvalue weighted by Gasteiger charge is 2.63. The molecule has 3 rings (SSSR count). The predicted molar refractivity (Wildman–Crippen MR) is 78.8 cm³/mol. The Hall–Kier alpha value is -1.37. The molecule has 3 nitrogen and oxygen atoms in total. The second-order valence-corrected chi connectivity index (χ2v) is 7.14. The monoisotopic (exact) mass is 315 g/mol. The smallest absolute Gasteiger partial charge is 0.253 e. The second-order valence-electron chi connectivity index (χ2n) is 5.76. The molecule has 2 aliphatic rings. The van der Waals surface area contributed by atoms with E-state index in [1.54, 1.807) is 0 Å². The molecule has 1 aromatic carbocycles. The molecule has 4 N–H and O–H groups in total. The fourth-order valence-electron chi connectivity index (χ4n) is 3.54. The number of rotatable bonds is 2. The normalized spacial score (nSPS) is 35.1. The van der Waals surface area contributed by atoms with Crippen LogP contribution in [0.2, 0.25) is 0 Å². The first-order valence-electron chi connectivity index (χ1n) is 6.70. The Morgan fingerprint density at radius 1 is 1.38 bits per heavy atom. The molecule has 0 saturated heterocycles. The van der Waals surface area contributed by atoms with E-state index in [1.165, 1.54) is 18.2 Å². The van der Waals surface area contributed by atoms with E-state index < -0.39 is 28.9 Å². The number of alkyl halides is 2. The van der Waals surface area contributed by atoms with Gasteiger partial charge in [-0.15, -0.1) is 0 Å². The number of amidine groups is 1.